The molecule has 110 valence electrons. The van der Waals surface area contributed by atoms with Gasteiger partial charge < -0.3 is 5.11 Å². The number of thioether (sulfide) groups is 1. The zero-order valence-electron chi connectivity index (χ0n) is 11.0. The van der Waals surface area contributed by atoms with Crippen molar-refractivity contribution in [2.24, 2.45) is 0 Å². The van der Waals surface area contributed by atoms with E-state index in [0.717, 1.165) is 12.1 Å². The number of hydrogen-bond donors (Lipinski definition) is 2. The highest BCUT2D eigenvalue weighted by Gasteiger charge is 2.17. The molecule has 0 aliphatic carbocycles. The molecule has 0 aliphatic heterocycles. The summed E-state index contributed by atoms with van der Waals surface area (Å²) in [5.74, 6) is 5.26. The molecule has 0 unspecified atom stereocenters. The largest absolute Gasteiger partial charge is 0.395 e. The maximum atomic E-state index is 13.2. The molecule has 0 aromatic heterocycles. The van der Waals surface area contributed by atoms with Crippen molar-refractivity contribution in [3.05, 3.63) is 29.6 Å². The maximum absolute atomic E-state index is 13.2. The van der Waals surface area contributed by atoms with E-state index in [1.54, 1.807) is 0 Å². The Morgan fingerprint density at radius 3 is 2.85 bits per heavy atom. The first kappa shape index (κ1) is 17.0. The monoisotopic (exact) mass is 317 g/mol. The quantitative estimate of drug-likeness (QED) is 0.611. The molecule has 1 aromatic carbocycles. The van der Waals surface area contributed by atoms with Crippen LogP contribution in [0.2, 0.25) is 0 Å². The Balaban J connectivity index is 3.08. The summed E-state index contributed by atoms with van der Waals surface area (Å²) < 4.78 is 39.9. The van der Waals surface area contributed by atoms with E-state index in [2.05, 4.69) is 16.6 Å². The van der Waals surface area contributed by atoms with Crippen molar-refractivity contribution >= 4 is 21.8 Å². The molecule has 0 fully saturated rings. The minimum atomic E-state index is -3.71. The van der Waals surface area contributed by atoms with Crippen molar-refractivity contribution in [3.8, 4) is 11.8 Å². The summed E-state index contributed by atoms with van der Waals surface area (Å²) in [6, 6.07) is 3.35. The molecule has 0 bridgehead atoms. The fraction of sp³-hybridized carbons (Fsp3) is 0.385. The number of halogens is 1. The van der Waals surface area contributed by atoms with Crippen LogP contribution in [0.3, 0.4) is 0 Å². The number of rotatable bonds is 6. The number of benzene rings is 1. The van der Waals surface area contributed by atoms with Crippen LogP contribution in [0, 0.1) is 17.7 Å². The van der Waals surface area contributed by atoms with Gasteiger partial charge in [0.2, 0.25) is 10.0 Å². The zero-order valence-corrected chi connectivity index (χ0v) is 12.7. The van der Waals surface area contributed by atoms with Crippen LogP contribution < -0.4 is 4.72 Å². The zero-order chi connectivity index (χ0) is 15.0. The minimum absolute atomic E-state index is 0.0505. The van der Waals surface area contributed by atoms with E-state index >= 15 is 0 Å². The molecule has 0 aliphatic rings. The van der Waals surface area contributed by atoms with Gasteiger partial charge in [0.05, 0.1) is 11.5 Å². The Morgan fingerprint density at radius 1 is 1.45 bits per heavy atom. The van der Waals surface area contributed by atoms with Crippen LogP contribution in [0.1, 0.15) is 12.0 Å². The van der Waals surface area contributed by atoms with E-state index in [-0.39, 0.29) is 23.5 Å². The van der Waals surface area contributed by atoms with Crippen LogP contribution in [-0.2, 0) is 10.0 Å². The van der Waals surface area contributed by atoms with E-state index in [1.165, 1.54) is 17.8 Å². The van der Waals surface area contributed by atoms with Crippen LogP contribution in [0.15, 0.2) is 23.1 Å². The molecule has 0 amide bonds. The van der Waals surface area contributed by atoms with Crippen LogP contribution >= 0.6 is 11.8 Å². The van der Waals surface area contributed by atoms with Gasteiger partial charge in [-0.25, -0.2) is 17.5 Å². The number of hydrogen-bond acceptors (Lipinski definition) is 4. The number of nitrogens with one attached hydrogen (secondary N) is 1. The summed E-state index contributed by atoms with van der Waals surface area (Å²) in [6.07, 6.45) is 2.08. The van der Waals surface area contributed by atoms with E-state index < -0.39 is 15.8 Å². The first-order valence-electron chi connectivity index (χ1n) is 5.89. The fourth-order valence-corrected chi connectivity index (χ4v) is 3.01. The Kier molecular flexibility index (Phi) is 7.02. The molecule has 0 atom stereocenters. The average molecular weight is 317 g/mol. The molecule has 0 spiro atoms. The normalized spacial score (nSPS) is 10.9. The molecular formula is C13H16FNO3S2. The fourth-order valence-electron chi connectivity index (χ4n) is 1.40. The molecule has 1 aromatic rings. The van der Waals surface area contributed by atoms with Crippen LogP contribution in [-0.4, -0.2) is 38.7 Å². The predicted molar refractivity (Wildman–Crippen MR) is 78.6 cm³/mol. The molecule has 0 saturated carbocycles. The summed E-state index contributed by atoms with van der Waals surface area (Å²) in [7, 11) is -3.71. The highest BCUT2D eigenvalue weighted by molar-refractivity contribution is 7.98. The van der Waals surface area contributed by atoms with E-state index in [0.29, 0.717) is 12.3 Å². The predicted octanol–water partition coefficient (Wildman–Crippen LogP) is 1.20. The van der Waals surface area contributed by atoms with Gasteiger partial charge in [0.25, 0.3) is 0 Å². The second kappa shape index (κ2) is 8.27. The van der Waals surface area contributed by atoms with Gasteiger partial charge >= 0.3 is 0 Å². The Hall–Kier alpha value is -1.07. The first-order valence-corrected chi connectivity index (χ1v) is 8.77. The van der Waals surface area contributed by atoms with Crippen molar-refractivity contribution in [3.63, 3.8) is 0 Å². The third kappa shape index (κ3) is 5.13. The van der Waals surface area contributed by atoms with Crippen molar-refractivity contribution < 1.29 is 17.9 Å². The standard InChI is InChI=1S/C13H16FNO3S2/c1-19-9-7-15-20(17,18)13-6-5-12(14)10-11(13)4-2-3-8-16/h5-6,10,15-16H,3,7-9H2,1H3. The summed E-state index contributed by atoms with van der Waals surface area (Å²) in [5, 5.41) is 8.66. The Labute approximate surface area is 122 Å². The molecule has 7 heteroatoms. The van der Waals surface area contributed by atoms with Gasteiger partial charge in [0, 0.05) is 24.3 Å². The van der Waals surface area contributed by atoms with Gasteiger partial charge in [-0.05, 0) is 24.5 Å². The number of sulfonamides is 1. The van der Waals surface area contributed by atoms with Gasteiger partial charge in [-0.3, -0.25) is 0 Å². The van der Waals surface area contributed by atoms with Gasteiger partial charge in [-0.2, -0.15) is 11.8 Å². The smallest absolute Gasteiger partial charge is 0.241 e. The SMILES string of the molecule is CSCCNS(=O)(=O)c1ccc(F)cc1C#CCCO. The third-order valence-corrected chi connectivity index (χ3v) is 4.42. The van der Waals surface area contributed by atoms with E-state index in [9.17, 15) is 12.8 Å². The average Bonchev–Trinajstić information content (AvgIpc) is 2.39. The van der Waals surface area contributed by atoms with E-state index in [4.69, 9.17) is 5.11 Å². The lowest BCUT2D eigenvalue weighted by molar-refractivity contribution is 0.305. The van der Waals surface area contributed by atoms with E-state index in [1.807, 2.05) is 6.26 Å². The van der Waals surface area contributed by atoms with Gasteiger partial charge in [-0.15, -0.1) is 0 Å². The summed E-state index contributed by atoms with van der Waals surface area (Å²) >= 11 is 1.52. The van der Waals surface area contributed by atoms with Crippen molar-refractivity contribution in [1.29, 1.82) is 0 Å². The topological polar surface area (TPSA) is 66.4 Å². The van der Waals surface area contributed by atoms with Crippen molar-refractivity contribution in [2.75, 3.05) is 25.2 Å². The first-order chi connectivity index (χ1) is 9.51. The molecule has 0 saturated heterocycles. The maximum Gasteiger partial charge on any atom is 0.241 e. The third-order valence-electron chi connectivity index (χ3n) is 2.29. The number of aliphatic hydroxyl groups excluding tert-OH is 1. The Morgan fingerprint density at radius 2 is 2.20 bits per heavy atom. The lowest BCUT2D eigenvalue weighted by atomic mass is 10.2. The molecule has 4 nitrogen and oxygen atoms in total. The lowest BCUT2D eigenvalue weighted by Gasteiger charge is -2.08. The van der Waals surface area contributed by atoms with Gasteiger partial charge in [-0.1, -0.05) is 11.8 Å². The highest BCUT2D eigenvalue weighted by atomic mass is 32.2. The summed E-state index contributed by atoms with van der Waals surface area (Å²) in [5.41, 5.74) is 0.0927. The van der Waals surface area contributed by atoms with Crippen molar-refractivity contribution in [2.45, 2.75) is 11.3 Å². The highest BCUT2D eigenvalue weighted by Crippen LogP contribution is 2.16. The van der Waals surface area contributed by atoms with Crippen LogP contribution in [0.25, 0.3) is 0 Å². The van der Waals surface area contributed by atoms with Gasteiger partial charge in [0.15, 0.2) is 0 Å². The second-order valence-electron chi connectivity index (χ2n) is 3.81. The van der Waals surface area contributed by atoms with Crippen LogP contribution in [0.4, 0.5) is 4.39 Å². The van der Waals surface area contributed by atoms with Gasteiger partial charge in [0.1, 0.15) is 5.82 Å². The minimum Gasteiger partial charge on any atom is -0.395 e. The molecule has 1 rings (SSSR count). The molecule has 0 heterocycles. The second-order valence-corrected chi connectivity index (χ2v) is 6.53. The molecule has 0 radical (unpaired) electrons. The lowest BCUT2D eigenvalue weighted by Crippen LogP contribution is -2.26. The number of aliphatic hydroxyl groups is 1. The summed E-state index contributed by atoms with van der Waals surface area (Å²) in [6.45, 7) is 0.167. The molecular weight excluding hydrogens is 301 g/mol. The van der Waals surface area contributed by atoms with Crippen molar-refractivity contribution in [1.82, 2.24) is 4.72 Å². The Bertz CT molecular complexity index is 606. The summed E-state index contributed by atoms with van der Waals surface area (Å²) in [4.78, 5) is -0.0505. The van der Waals surface area contributed by atoms with Crippen LogP contribution in [0.5, 0.6) is 0 Å². The molecule has 2 N–H and O–H groups in total. The molecule has 20 heavy (non-hydrogen) atoms.